The number of nitrogens with one attached hydrogen (secondary N) is 1. The Morgan fingerprint density at radius 2 is 2.06 bits per heavy atom. The summed E-state index contributed by atoms with van der Waals surface area (Å²) in [6.45, 7) is 1.89. The van der Waals surface area contributed by atoms with E-state index in [1.54, 1.807) is 12.4 Å². The summed E-state index contributed by atoms with van der Waals surface area (Å²) in [6.07, 6.45) is 5.14. The van der Waals surface area contributed by atoms with Gasteiger partial charge in [0.1, 0.15) is 0 Å². The monoisotopic (exact) mass is 235 g/mol. The number of piperidine rings is 1. The van der Waals surface area contributed by atoms with Crippen molar-refractivity contribution in [2.75, 3.05) is 25.1 Å². The molecular weight excluding hydrogens is 218 g/mol. The van der Waals surface area contributed by atoms with Crippen molar-refractivity contribution in [1.29, 1.82) is 0 Å². The van der Waals surface area contributed by atoms with Gasteiger partial charge in [-0.1, -0.05) is 0 Å². The molecule has 0 radical (unpaired) electrons. The Labute approximate surface area is 101 Å². The molecule has 0 atom stereocenters. The molecule has 2 heterocycles. The number of anilines is 1. The number of nitrogens with zero attached hydrogens (tertiary/aromatic N) is 2. The van der Waals surface area contributed by atoms with Crippen LogP contribution in [0.2, 0.25) is 0 Å². The molecule has 2 rings (SSSR count). The van der Waals surface area contributed by atoms with Gasteiger partial charge in [0.05, 0.1) is 7.11 Å². The second-order valence-electron chi connectivity index (χ2n) is 4.10. The van der Waals surface area contributed by atoms with Crippen molar-refractivity contribution in [3.63, 3.8) is 0 Å². The third-order valence-electron chi connectivity index (χ3n) is 3.03. The van der Waals surface area contributed by atoms with Crippen LogP contribution in [-0.4, -0.2) is 37.3 Å². The first-order valence-electron chi connectivity index (χ1n) is 5.79. The number of carbonyl (C=O) groups is 1. The molecule has 5 heteroatoms. The minimum absolute atomic E-state index is 0.223. The first-order chi connectivity index (χ1) is 8.29. The van der Waals surface area contributed by atoms with E-state index in [1.165, 1.54) is 12.8 Å². The van der Waals surface area contributed by atoms with Crippen LogP contribution in [0, 0.1) is 0 Å². The first-order valence-corrected chi connectivity index (χ1v) is 5.79. The molecule has 0 bridgehead atoms. The van der Waals surface area contributed by atoms with Gasteiger partial charge in [-0.2, -0.15) is 0 Å². The summed E-state index contributed by atoms with van der Waals surface area (Å²) in [6, 6.07) is 4.24. The molecule has 17 heavy (non-hydrogen) atoms. The zero-order chi connectivity index (χ0) is 12.1. The molecule has 0 aromatic carbocycles. The second-order valence-corrected chi connectivity index (χ2v) is 4.10. The summed E-state index contributed by atoms with van der Waals surface area (Å²) in [5, 5.41) is 2.84. The van der Waals surface area contributed by atoms with Crippen LogP contribution in [0.15, 0.2) is 24.5 Å². The van der Waals surface area contributed by atoms with Gasteiger partial charge in [-0.15, -0.1) is 0 Å². The smallest absolute Gasteiger partial charge is 0.407 e. The Morgan fingerprint density at radius 1 is 1.41 bits per heavy atom. The Kier molecular flexibility index (Phi) is 3.80. The number of alkyl carbamates (subject to hydrolysis) is 1. The van der Waals surface area contributed by atoms with E-state index in [0.29, 0.717) is 0 Å². The molecule has 1 fully saturated rings. The van der Waals surface area contributed by atoms with Gasteiger partial charge in [0, 0.05) is 37.2 Å². The fourth-order valence-corrected chi connectivity index (χ4v) is 2.06. The second kappa shape index (κ2) is 5.52. The lowest BCUT2D eigenvalue weighted by atomic mass is 10.0. The van der Waals surface area contributed by atoms with Gasteiger partial charge in [0.15, 0.2) is 0 Å². The molecule has 0 aliphatic carbocycles. The predicted molar refractivity (Wildman–Crippen MR) is 65.0 cm³/mol. The summed E-state index contributed by atoms with van der Waals surface area (Å²) in [7, 11) is 1.39. The number of hydrogen-bond donors (Lipinski definition) is 1. The minimum Gasteiger partial charge on any atom is -0.453 e. The van der Waals surface area contributed by atoms with Crippen LogP contribution in [0.4, 0.5) is 10.5 Å². The fourth-order valence-electron chi connectivity index (χ4n) is 2.06. The van der Waals surface area contributed by atoms with E-state index in [-0.39, 0.29) is 12.1 Å². The van der Waals surface area contributed by atoms with E-state index in [4.69, 9.17) is 0 Å². The first kappa shape index (κ1) is 11.7. The molecule has 1 N–H and O–H groups in total. The molecule has 1 aromatic heterocycles. The SMILES string of the molecule is COC(=O)NC1CCN(c2ccncc2)CC1. The number of aromatic nitrogens is 1. The van der Waals surface area contributed by atoms with Crippen LogP contribution >= 0.6 is 0 Å². The van der Waals surface area contributed by atoms with E-state index in [0.717, 1.165) is 25.9 Å². The highest BCUT2D eigenvalue weighted by molar-refractivity contribution is 5.67. The normalized spacial score (nSPS) is 16.6. The molecule has 0 spiro atoms. The maximum atomic E-state index is 11.1. The average molecular weight is 235 g/mol. The van der Waals surface area contributed by atoms with E-state index >= 15 is 0 Å². The summed E-state index contributed by atoms with van der Waals surface area (Å²) in [5.74, 6) is 0. The molecule has 92 valence electrons. The van der Waals surface area contributed by atoms with Gasteiger partial charge < -0.3 is 15.0 Å². The lowest BCUT2D eigenvalue weighted by Gasteiger charge is -2.33. The largest absolute Gasteiger partial charge is 0.453 e. The van der Waals surface area contributed by atoms with E-state index in [2.05, 4.69) is 19.9 Å². The van der Waals surface area contributed by atoms with Crippen molar-refractivity contribution >= 4 is 11.8 Å². The van der Waals surface area contributed by atoms with Gasteiger partial charge in [0.25, 0.3) is 0 Å². The molecule has 1 aliphatic rings. The Morgan fingerprint density at radius 3 is 2.65 bits per heavy atom. The van der Waals surface area contributed by atoms with Crippen molar-refractivity contribution in [2.45, 2.75) is 18.9 Å². The number of pyridine rings is 1. The lowest BCUT2D eigenvalue weighted by molar-refractivity contribution is 0.164. The number of ether oxygens (including phenoxy) is 1. The summed E-state index contributed by atoms with van der Waals surface area (Å²) in [5.41, 5.74) is 1.19. The van der Waals surface area contributed by atoms with Crippen molar-refractivity contribution < 1.29 is 9.53 Å². The molecule has 1 aromatic rings. The molecule has 0 saturated carbocycles. The zero-order valence-corrected chi connectivity index (χ0v) is 9.93. The standard InChI is InChI=1S/C12H17N3O2/c1-17-12(16)14-10-4-8-15(9-5-10)11-2-6-13-7-3-11/h2-3,6-7,10H,4-5,8-9H2,1H3,(H,14,16). The summed E-state index contributed by atoms with van der Waals surface area (Å²) in [4.78, 5) is 17.4. The van der Waals surface area contributed by atoms with Crippen LogP contribution in [0.5, 0.6) is 0 Å². The zero-order valence-electron chi connectivity index (χ0n) is 9.93. The fraction of sp³-hybridized carbons (Fsp3) is 0.500. The quantitative estimate of drug-likeness (QED) is 0.842. The highest BCUT2D eigenvalue weighted by Crippen LogP contribution is 2.18. The number of amides is 1. The van der Waals surface area contributed by atoms with Crippen LogP contribution in [-0.2, 0) is 4.74 Å². The molecule has 0 unspecified atom stereocenters. The Hall–Kier alpha value is -1.78. The molecule has 5 nitrogen and oxygen atoms in total. The Bertz CT molecular complexity index is 361. The van der Waals surface area contributed by atoms with Gasteiger partial charge in [-0.3, -0.25) is 4.98 Å². The maximum absolute atomic E-state index is 11.1. The summed E-state index contributed by atoms with van der Waals surface area (Å²) >= 11 is 0. The maximum Gasteiger partial charge on any atom is 0.407 e. The van der Waals surface area contributed by atoms with E-state index in [1.807, 2.05) is 12.1 Å². The van der Waals surface area contributed by atoms with Gasteiger partial charge in [0.2, 0.25) is 0 Å². The number of methoxy groups -OCH3 is 1. The molecule has 1 saturated heterocycles. The minimum atomic E-state index is -0.340. The van der Waals surface area contributed by atoms with Crippen molar-refractivity contribution in [3.05, 3.63) is 24.5 Å². The Balaban J connectivity index is 1.84. The third kappa shape index (κ3) is 3.09. The molecule has 1 amide bonds. The van der Waals surface area contributed by atoms with Crippen molar-refractivity contribution in [1.82, 2.24) is 10.3 Å². The van der Waals surface area contributed by atoms with Gasteiger partial charge in [-0.25, -0.2) is 4.79 Å². The van der Waals surface area contributed by atoms with Gasteiger partial charge >= 0.3 is 6.09 Å². The predicted octanol–water partition coefficient (Wildman–Crippen LogP) is 1.41. The number of carbonyl (C=O) groups excluding carboxylic acids is 1. The third-order valence-corrected chi connectivity index (χ3v) is 3.03. The molecule has 1 aliphatic heterocycles. The van der Waals surface area contributed by atoms with Crippen molar-refractivity contribution in [3.8, 4) is 0 Å². The van der Waals surface area contributed by atoms with Crippen LogP contribution in [0.25, 0.3) is 0 Å². The number of hydrogen-bond acceptors (Lipinski definition) is 4. The summed E-state index contributed by atoms with van der Waals surface area (Å²) < 4.78 is 4.59. The average Bonchev–Trinajstić information content (AvgIpc) is 2.40. The van der Waals surface area contributed by atoms with Crippen LogP contribution in [0.3, 0.4) is 0 Å². The molecular formula is C12H17N3O2. The topological polar surface area (TPSA) is 54.5 Å². The highest BCUT2D eigenvalue weighted by Gasteiger charge is 2.20. The van der Waals surface area contributed by atoms with Gasteiger partial charge in [-0.05, 0) is 25.0 Å². The van der Waals surface area contributed by atoms with Crippen molar-refractivity contribution in [2.24, 2.45) is 0 Å². The number of rotatable bonds is 2. The van der Waals surface area contributed by atoms with E-state index < -0.39 is 0 Å². The van der Waals surface area contributed by atoms with E-state index in [9.17, 15) is 4.79 Å². The lowest BCUT2D eigenvalue weighted by Crippen LogP contribution is -2.44. The van der Waals surface area contributed by atoms with Crippen LogP contribution < -0.4 is 10.2 Å². The highest BCUT2D eigenvalue weighted by atomic mass is 16.5. The van der Waals surface area contributed by atoms with Crippen LogP contribution in [0.1, 0.15) is 12.8 Å².